The van der Waals surface area contributed by atoms with Crippen molar-refractivity contribution in [2.45, 2.75) is 62.8 Å². The lowest BCUT2D eigenvalue weighted by Gasteiger charge is -2.47. The third-order valence-corrected chi connectivity index (χ3v) is 11.7. The van der Waals surface area contributed by atoms with Crippen molar-refractivity contribution in [2.24, 2.45) is 12.5 Å². The quantitative estimate of drug-likeness (QED) is 0.369. The van der Waals surface area contributed by atoms with Crippen molar-refractivity contribution in [2.75, 3.05) is 56.5 Å². The summed E-state index contributed by atoms with van der Waals surface area (Å²) in [5.41, 5.74) is 3.25. The normalized spacial score (nSPS) is 24.3. The van der Waals surface area contributed by atoms with Crippen LogP contribution in [0.2, 0.25) is 5.02 Å². The molecule has 6 heterocycles. The van der Waals surface area contributed by atoms with Crippen LogP contribution in [0.25, 0.3) is 0 Å². The number of piperidine rings is 4. The molecule has 3 aromatic rings. The number of likely N-dealkylation sites (tertiary alicyclic amines) is 2. The number of nitrogens with zero attached hydrogens (tertiary/aromatic N) is 6. The Morgan fingerprint density at radius 3 is 2.30 bits per heavy atom. The number of benzene rings is 1. The molecule has 3 atom stereocenters. The van der Waals surface area contributed by atoms with Crippen LogP contribution in [0.3, 0.4) is 0 Å². The molecule has 4 aliphatic heterocycles. The van der Waals surface area contributed by atoms with E-state index >= 15 is 0 Å². The van der Waals surface area contributed by atoms with Crippen LogP contribution < -0.4 is 21.1 Å². The van der Waals surface area contributed by atoms with E-state index in [2.05, 4.69) is 49.7 Å². The van der Waals surface area contributed by atoms with E-state index in [-0.39, 0.29) is 51.6 Å². The van der Waals surface area contributed by atoms with E-state index in [9.17, 15) is 19.2 Å². The lowest BCUT2D eigenvalue weighted by Crippen LogP contribution is -2.48. The maximum Gasteiger partial charge on any atom is 0.287 e. The number of anilines is 2. The highest BCUT2D eigenvalue weighted by molar-refractivity contribution is 6.32. The van der Waals surface area contributed by atoms with Gasteiger partial charge in [0, 0.05) is 70.5 Å². The minimum absolute atomic E-state index is 0.0947. The molecule has 3 unspecified atom stereocenters. The molecular weight excluding hydrogens is 656 g/mol. The maximum absolute atomic E-state index is 13.6. The first kappa shape index (κ1) is 34.2. The largest absolute Gasteiger partial charge is 0.378 e. The van der Waals surface area contributed by atoms with E-state index in [1.54, 1.807) is 19.4 Å². The summed E-state index contributed by atoms with van der Waals surface area (Å²) < 4.78 is 1.23. The number of amides is 3. The molecule has 7 rings (SSSR count). The average molecular weight is 701 g/mol. The fourth-order valence-corrected chi connectivity index (χ4v) is 8.50. The van der Waals surface area contributed by atoms with Crippen molar-refractivity contribution < 1.29 is 14.4 Å². The summed E-state index contributed by atoms with van der Waals surface area (Å²) in [4.78, 5) is 60.9. The topological polar surface area (TPSA) is 133 Å². The molecule has 264 valence electrons. The van der Waals surface area contributed by atoms with Crippen molar-refractivity contribution in [1.82, 2.24) is 29.9 Å². The molecule has 13 heteroatoms. The number of aryl methyl sites for hydroxylation is 1. The molecule has 2 aromatic heterocycles. The van der Waals surface area contributed by atoms with Crippen LogP contribution in [-0.2, 0) is 16.6 Å². The van der Waals surface area contributed by atoms with E-state index in [1.165, 1.54) is 10.2 Å². The number of halogens is 1. The van der Waals surface area contributed by atoms with E-state index < -0.39 is 0 Å². The lowest BCUT2D eigenvalue weighted by atomic mass is 9.71. The average Bonchev–Trinajstić information content (AvgIpc) is 3.12. The SMILES string of the molecule is CN1CC(Nc2cnn(C)c(=O)c2Cl)CC(c2ccc(C(=O)N3CCC4(CC3)CCN(c3ccc(C5CCC(=O)NC5=O)cn3)CC4)cc2)C1. The second kappa shape index (κ2) is 14.1. The zero-order valence-corrected chi connectivity index (χ0v) is 29.5. The van der Waals surface area contributed by atoms with Gasteiger partial charge in [0.15, 0.2) is 0 Å². The van der Waals surface area contributed by atoms with Crippen molar-refractivity contribution in [3.63, 3.8) is 0 Å². The monoisotopic (exact) mass is 700 g/mol. The van der Waals surface area contributed by atoms with Crippen LogP contribution in [0.5, 0.6) is 0 Å². The first-order valence-electron chi connectivity index (χ1n) is 17.7. The molecule has 0 bridgehead atoms. The van der Waals surface area contributed by atoms with E-state index in [0.29, 0.717) is 18.5 Å². The molecule has 0 radical (unpaired) electrons. The molecule has 3 amide bonds. The number of hydrogen-bond acceptors (Lipinski definition) is 9. The number of hydrogen-bond donors (Lipinski definition) is 2. The third kappa shape index (κ3) is 7.14. The molecule has 4 saturated heterocycles. The highest BCUT2D eigenvalue weighted by atomic mass is 35.5. The summed E-state index contributed by atoms with van der Waals surface area (Å²) in [5, 5.41) is 10.1. The Balaban J connectivity index is 0.901. The Bertz CT molecular complexity index is 1800. The number of carbonyl (C=O) groups is 3. The molecule has 0 saturated carbocycles. The Morgan fingerprint density at radius 2 is 1.62 bits per heavy atom. The number of carbonyl (C=O) groups excluding carboxylic acids is 3. The smallest absolute Gasteiger partial charge is 0.287 e. The standard InChI is InChI=1S/C37H45ClN8O4/c1-43-22-27(19-28(23-43)41-30-21-40-44(2)36(50)33(30)38)24-3-5-25(6-4-24)35(49)46-17-13-37(14-18-46)11-15-45(16-12-37)31-9-7-26(20-39-31)29-8-10-32(47)42-34(29)48/h3-7,9,20-21,27-29,41H,8,10-19,22-23H2,1-2H3,(H,42,47,48). The third-order valence-electron chi connectivity index (χ3n) is 11.4. The van der Waals surface area contributed by atoms with Gasteiger partial charge in [0.1, 0.15) is 10.8 Å². The second-order valence-corrected chi connectivity index (χ2v) is 15.0. The first-order chi connectivity index (χ1) is 24.1. The molecule has 12 nitrogen and oxygen atoms in total. The van der Waals surface area contributed by atoms with Gasteiger partial charge in [0.05, 0.1) is 17.8 Å². The number of rotatable bonds is 6. The Hall–Kier alpha value is -4.29. The van der Waals surface area contributed by atoms with E-state index in [0.717, 1.165) is 88.3 Å². The summed E-state index contributed by atoms with van der Waals surface area (Å²) in [7, 11) is 3.67. The van der Waals surface area contributed by atoms with Gasteiger partial charge in [-0.3, -0.25) is 24.5 Å². The van der Waals surface area contributed by atoms with Gasteiger partial charge < -0.3 is 20.0 Å². The summed E-state index contributed by atoms with van der Waals surface area (Å²) in [5.74, 6) is 0.516. The Labute approximate surface area is 297 Å². The van der Waals surface area contributed by atoms with Crippen LogP contribution in [0.15, 0.2) is 53.6 Å². The number of aromatic nitrogens is 3. The van der Waals surface area contributed by atoms with Gasteiger partial charge in [-0.1, -0.05) is 29.8 Å². The van der Waals surface area contributed by atoms with Crippen molar-refractivity contribution in [3.05, 3.63) is 80.9 Å². The van der Waals surface area contributed by atoms with Gasteiger partial charge in [-0.15, -0.1) is 0 Å². The summed E-state index contributed by atoms with van der Waals surface area (Å²) in [6.45, 7) is 5.09. The maximum atomic E-state index is 13.6. The minimum Gasteiger partial charge on any atom is -0.378 e. The number of pyridine rings is 1. The van der Waals surface area contributed by atoms with Crippen molar-refractivity contribution in [3.8, 4) is 0 Å². The molecule has 4 aliphatic rings. The van der Waals surface area contributed by atoms with E-state index in [4.69, 9.17) is 11.6 Å². The minimum atomic E-state index is -0.322. The Kier molecular flexibility index (Phi) is 9.67. The fraction of sp³-hybridized carbons (Fsp3) is 0.514. The molecule has 1 spiro atoms. The molecule has 4 fully saturated rings. The second-order valence-electron chi connectivity index (χ2n) is 14.7. The summed E-state index contributed by atoms with van der Waals surface area (Å²) >= 11 is 6.32. The molecule has 2 N–H and O–H groups in total. The van der Waals surface area contributed by atoms with Crippen LogP contribution >= 0.6 is 11.6 Å². The highest BCUT2D eigenvalue weighted by Crippen LogP contribution is 2.42. The number of likely N-dealkylation sites (N-methyl/N-ethyl adjacent to an activating group) is 1. The van der Waals surface area contributed by atoms with Gasteiger partial charge >= 0.3 is 0 Å². The van der Waals surface area contributed by atoms with Gasteiger partial charge in [-0.05, 0) is 86.2 Å². The van der Waals surface area contributed by atoms with Crippen molar-refractivity contribution >= 4 is 40.8 Å². The van der Waals surface area contributed by atoms with Crippen LogP contribution in [0.4, 0.5) is 11.5 Å². The molecule has 1 aromatic carbocycles. The lowest BCUT2D eigenvalue weighted by molar-refractivity contribution is -0.134. The first-order valence-corrected chi connectivity index (χ1v) is 18.1. The molecule has 0 aliphatic carbocycles. The van der Waals surface area contributed by atoms with E-state index in [1.807, 2.05) is 29.2 Å². The van der Waals surface area contributed by atoms with Crippen LogP contribution in [0, 0.1) is 5.41 Å². The van der Waals surface area contributed by atoms with Gasteiger partial charge in [-0.2, -0.15) is 5.10 Å². The zero-order valence-electron chi connectivity index (χ0n) is 28.7. The number of nitrogens with one attached hydrogen (secondary N) is 2. The summed E-state index contributed by atoms with van der Waals surface area (Å²) in [6, 6.07) is 12.2. The Morgan fingerprint density at radius 1 is 0.920 bits per heavy atom. The zero-order chi connectivity index (χ0) is 35.0. The molecular formula is C37H45ClN8O4. The van der Waals surface area contributed by atoms with Gasteiger partial charge in [-0.25, -0.2) is 9.67 Å². The summed E-state index contributed by atoms with van der Waals surface area (Å²) in [6.07, 6.45) is 9.27. The van der Waals surface area contributed by atoms with Crippen molar-refractivity contribution in [1.29, 1.82) is 0 Å². The predicted octanol–water partition coefficient (Wildman–Crippen LogP) is 3.77. The highest BCUT2D eigenvalue weighted by Gasteiger charge is 2.39. The fourth-order valence-electron chi connectivity index (χ4n) is 8.27. The number of imide groups is 1. The van der Waals surface area contributed by atoms with Gasteiger partial charge in [0.25, 0.3) is 11.5 Å². The predicted molar refractivity (Wildman–Crippen MR) is 192 cm³/mol. The van der Waals surface area contributed by atoms with Gasteiger partial charge in [0.2, 0.25) is 11.8 Å². The molecule has 50 heavy (non-hydrogen) atoms. The van der Waals surface area contributed by atoms with Crippen LogP contribution in [-0.4, -0.2) is 94.6 Å². The van der Waals surface area contributed by atoms with Crippen LogP contribution in [0.1, 0.15) is 78.3 Å².